The summed E-state index contributed by atoms with van der Waals surface area (Å²) in [5.41, 5.74) is 0.0668. The SMILES string of the molecule is O=[N+]([O-])c1cc(F)c(Cl)cc1N1CCC(CO)CC1. The highest BCUT2D eigenvalue weighted by molar-refractivity contribution is 6.31. The Labute approximate surface area is 114 Å². The highest BCUT2D eigenvalue weighted by atomic mass is 35.5. The van der Waals surface area contributed by atoms with Crippen LogP contribution in [0.5, 0.6) is 0 Å². The molecule has 104 valence electrons. The molecule has 1 heterocycles. The average molecular weight is 289 g/mol. The largest absolute Gasteiger partial charge is 0.396 e. The van der Waals surface area contributed by atoms with Crippen molar-refractivity contribution >= 4 is 23.0 Å². The van der Waals surface area contributed by atoms with Crippen molar-refractivity contribution in [2.45, 2.75) is 12.8 Å². The number of benzene rings is 1. The van der Waals surface area contributed by atoms with E-state index in [4.69, 9.17) is 16.7 Å². The predicted octanol–water partition coefficient (Wildman–Crippen LogP) is 2.60. The molecule has 0 aromatic heterocycles. The minimum Gasteiger partial charge on any atom is -0.396 e. The molecule has 0 amide bonds. The lowest BCUT2D eigenvalue weighted by atomic mass is 9.97. The number of aliphatic hydroxyl groups is 1. The molecule has 1 saturated heterocycles. The van der Waals surface area contributed by atoms with E-state index in [-0.39, 0.29) is 23.2 Å². The fourth-order valence-corrected chi connectivity index (χ4v) is 2.44. The molecule has 7 heteroatoms. The summed E-state index contributed by atoms with van der Waals surface area (Å²) >= 11 is 5.70. The summed E-state index contributed by atoms with van der Waals surface area (Å²) in [6.07, 6.45) is 1.51. The van der Waals surface area contributed by atoms with Crippen LogP contribution in [0.15, 0.2) is 12.1 Å². The molecular weight excluding hydrogens is 275 g/mol. The topological polar surface area (TPSA) is 66.6 Å². The molecule has 1 fully saturated rings. The van der Waals surface area contributed by atoms with Gasteiger partial charge in [-0.3, -0.25) is 10.1 Å². The standard InChI is InChI=1S/C12H14ClFN2O3/c13-9-5-11(12(16(18)19)6-10(9)14)15-3-1-8(7-17)2-4-15/h5-6,8,17H,1-4,7H2. The molecule has 1 aliphatic heterocycles. The summed E-state index contributed by atoms with van der Waals surface area (Å²) in [6, 6.07) is 2.16. The highest BCUT2D eigenvalue weighted by Crippen LogP contribution is 2.35. The number of halogens is 2. The van der Waals surface area contributed by atoms with Crippen molar-refractivity contribution in [2.24, 2.45) is 5.92 Å². The van der Waals surface area contributed by atoms with Crippen LogP contribution < -0.4 is 4.90 Å². The van der Waals surface area contributed by atoms with Gasteiger partial charge in [0.2, 0.25) is 0 Å². The van der Waals surface area contributed by atoms with E-state index in [0.29, 0.717) is 18.8 Å². The Morgan fingerprint density at radius 3 is 2.63 bits per heavy atom. The number of nitrogens with zero attached hydrogens (tertiary/aromatic N) is 2. The van der Waals surface area contributed by atoms with Crippen molar-refractivity contribution in [1.82, 2.24) is 0 Å². The summed E-state index contributed by atoms with van der Waals surface area (Å²) in [7, 11) is 0. The second kappa shape index (κ2) is 5.71. The van der Waals surface area contributed by atoms with Crippen molar-refractivity contribution in [3.63, 3.8) is 0 Å². The number of nitro groups is 1. The lowest BCUT2D eigenvalue weighted by Gasteiger charge is -2.32. The zero-order chi connectivity index (χ0) is 14.0. The summed E-state index contributed by atoms with van der Waals surface area (Å²) in [5, 5.41) is 19.9. The number of rotatable bonds is 3. The second-order valence-corrected chi connectivity index (χ2v) is 5.03. The fraction of sp³-hybridized carbons (Fsp3) is 0.500. The van der Waals surface area contributed by atoms with Gasteiger partial charge in [-0.05, 0) is 24.8 Å². The summed E-state index contributed by atoms with van der Waals surface area (Å²) < 4.78 is 13.3. The van der Waals surface area contributed by atoms with Gasteiger partial charge >= 0.3 is 0 Å². The number of hydrogen-bond donors (Lipinski definition) is 1. The third-order valence-electron chi connectivity index (χ3n) is 3.43. The van der Waals surface area contributed by atoms with Crippen LogP contribution in [0.4, 0.5) is 15.8 Å². The minimum atomic E-state index is -0.789. The van der Waals surface area contributed by atoms with Gasteiger partial charge in [0.1, 0.15) is 11.5 Å². The van der Waals surface area contributed by atoms with Gasteiger partial charge in [-0.25, -0.2) is 4.39 Å². The van der Waals surface area contributed by atoms with Gasteiger partial charge in [0.25, 0.3) is 5.69 Å². The molecule has 1 aliphatic rings. The maximum atomic E-state index is 13.3. The first kappa shape index (κ1) is 14.0. The first-order chi connectivity index (χ1) is 9.02. The van der Waals surface area contributed by atoms with Crippen molar-refractivity contribution in [1.29, 1.82) is 0 Å². The third kappa shape index (κ3) is 2.96. The molecule has 0 spiro atoms. The van der Waals surface area contributed by atoms with Crippen molar-refractivity contribution < 1.29 is 14.4 Å². The Balaban J connectivity index is 2.29. The Bertz CT molecular complexity index is 490. The molecule has 0 unspecified atom stereocenters. The molecule has 0 atom stereocenters. The quantitative estimate of drug-likeness (QED) is 0.686. The Hall–Kier alpha value is -1.40. The van der Waals surface area contributed by atoms with Gasteiger partial charge in [0.15, 0.2) is 0 Å². The molecule has 1 N–H and O–H groups in total. The van der Waals surface area contributed by atoms with E-state index in [1.54, 1.807) is 0 Å². The van der Waals surface area contributed by atoms with E-state index in [9.17, 15) is 14.5 Å². The molecule has 5 nitrogen and oxygen atoms in total. The predicted molar refractivity (Wildman–Crippen MR) is 70.1 cm³/mol. The summed E-state index contributed by atoms with van der Waals surface area (Å²) in [5.74, 6) is -0.561. The van der Waals surface area contributed by atoms with Gasteiger partial charge in [-0.2, -0.15) is 0 Å². The maximum Gasteiger partial charge on any atom is 0.295 e. The van der Waals surface area contributed by atoms with E-state index in [1.165, 1.54) is 6.07 Å². The number of aliphatic hydroxyl groups excluding tert-OH is 1. The van der Waals surface area contributed by atoms with Gasteiger partial charge in [-0.15, -0.1) is 0 Å². The normalized spacial score (nSPS) is 16.7. The smallest absolute Gasteiger partial charge is 0.295 e. The molecule has 19 heavy (non-hydrogen) atoms. The lowest BCUT2D eigenvalue weighted by Crippen LogP contribution is -2.35. The number of nitro benzene ring substituents is 1. The van der Waals surface area contributed by atoms with Crippen LogP contribution >= 0.6 is 11.6 Å². The fourth-order valence-electron chi connectivity index (χ4n) is 2.28. The van der Waals surface area contributed by atoms with E-state index in [0.717, 1.165) is 18.9 Å². The van der Waals surface area contributed by atoms with Gasteiger partial charge in [0, 0.05) is 19.7 Å². The van der Waals surface area contributed by atoms with E-state index in [2.05, 4.69) is 0 Å². The van der Waals surface area contributed by atoms with Gasteiger partial charge in [-0.1, -0.05) is 11.6 Å². The van der Waals surface area contributed by atoms with E-state index in [1.807, 2.05) is 4.90 Å². The molecule has 0 saturated carbocycles. The Morgan fingerprint density at radius 1 is 1.47 bits per heavy atom. The molecule has 1 aromatic rings. The monoisotopic (exact) mass is 288 g/mol. The second-order valence-electron chi connectivity index (χ2n) is 4.63. The number of piperidine rings is 1. The van der Waals surface area contributed by atoms with Crippen LogP contribution in [0.3, 0.4) is 0 Å². The summed E-state index contributed by atoms with van der Waals surface area (Å²) in [4.78, 5) is 12.2. The molecule has 1 aromatic carbocycles. The molecule has 0 radical (unpaired) electrons. The third-order valence-corrected chi connectivity index (χ3v) is 3.72. The van der Waals surface area contributed by atoms with Crippen LogP contribution in [0.2, 0.25) is 5.02 Å². The maximum absolute atomic E-state index is 13.3. The summed E-state index contributed by atoms with van der Waals surface area (Å²) in [6.45, 7) is 1.31. The minimum absolute atomic E-state index is 0.120. The number of anilines is 1. The van der Waals surface area contributed by atoms with Crippen LogP contribution in [0.25, 0.3) is 0 Å². The average Bonchev–Trinajstić information content (AvgIpc) is 2.41. The van der Waals surface area contributed by atoms with E-state index < -0.39 is 10.7 Å². The Morgan fingerprint density at radius 2 is 2.11 bits per heavy atom. The van der Waals surface area contributed by atoms with E-state index >= 15 is 0 Å². The van der Waals surface area contributed by atoms with Gasteiger partial charge in [0.05, 0.1) is 16.0 Å². The molecule has 2 rings (SSSR count). The van der Waals surface area contributed by atoms with Crippen LogP contribution in [0.1, 0.15) is 12.8 Å². The molecule has 0 aliphatic carbocycles. The lowest BCUT2D eigenvalue weighted by molar-refractivity contribution is -0.384. The Kier molecular flexibility index (Phi) is 4.21. The first-order valence-electron chi connectivity index (χ1n) is 6.02. The van der Waals surface area contributed by atoms with Crippen LogP contribution in [-0.2, 0) is 0 Å². The number of hydrogen-bond acceptors (Lipinski definition) is 4. The zero-order valence-corrected chi connectivity index (χ0v) is 10.9. The zero-order valence-electron chi connectivity index (χ0n) is 10.2. The van der Waals surface area contributed by atoms with Crippen molar-refractivity contribution in [3.8, 4) is 0 Å². The highest BCUT2D eigenvalue weighted by Gasteiger charge is 2.26. The van der Waals surface area contributed by atoms with Crippen LogP contribution in [0, 0.1) is 21.8 Å². The van der Waals surface area contributed by atoms with Crippen molar-refractivity contribution in [3.05, 3.63) is 33.1 Å². The van der Waals surface area contributed by atoms with Crippen molar-refractivity contribution in [2.75, 3.05) is 24.6 Å². The molecule has 0 bridgehead atoms. The first-order valence-corrected chi connectivity index (χ1v) is 6.40. The van der Waals surface area contributed by atoms with Gasteiger partial charge < -0.3 is 10.0 Å². The van der Waals surface area contributed by atoms with Crippen LogP contribution in [-0.4, -0.2) is 29.7 Å². The molecular formula is C12H14ClFN2O3.